The number of hydrogen-bond acceptors (Lipinski definition) is 3. The van der Waals surface area contributed by atoms with Crippen molar-refractivity contribution in [1.29, 1.82) is 0 Å². The van der Waals surface area contributed by atoms with E-state index in [2.05, 4.69) is 0 Å². The summed E-state index contributed by atoms with van der Waals surface area (Å²) in [5.74, 6) is -0.664. The Morgan fingerprint density at radius 1 is 1.33 bits per heavy atom. The average Bonchev–Trinajstić information content (AvgIpc) is 1.92. The highest BCUT2D eigenvalue weighted by Gasteiger charge is 2.09. The molecule has 0 bridgehead atoms. The molecular weight excluding hydrogens is 183 g/mol. The van der Waals surface area contributed by atoms with Crippen LogP contribution < -0.4 is 10.9 Å². The molecule has 0 amide bonds. The van der Waals surface area contributed by atoms with E-state index in [1.807, 2.05) is 0 Å². The Hall–Kier alpha value is -1.14. The lowest BCUT2D eigenvalue weighted by Gasteiger charge is -1.99. The molecule has 0 spiro atoms. The number of nitrogen functional groups attached to an aromatic ring is 1. The van der Waals surface area contributed by atoms with E-state index in [4.69, 9.17) is 10.9 Å². The Balaban J connectivity index is 3.33. The highest BCUT2D eigenvalue weighted by atomic mass is 32.2. The molecule has 12 heavy (non-hydrogen) atoms. The first-order valence-corrected chi connectivity index (χ1v) is 4.54. The van der Waals surface area contributed by atoms with Gasteiger partial charge in [-0.25, -0.2) is 17.9 Å². The van der Waals surface area contributed by atoms with E-state index in [1.54, 1.807) is 0 Å². The van der Waals surface area contributed by atoms with Gasteiger partial charge < -0.3 is 5.73 Å². The molecule has 4 N–H and O–H groups in total. The van der Waals surface area contributed by atoms with Gasteiger partial charge in [-0.1, -0.05) is 0 Å². The van der Waals surface area contributed by atoms with Crippen LogP contribution in [0, 0.1) is 5.82 Å². The Kier molecular flexibility index (Phi) is 2.03. The third-order valence-electron chi connectivity index (χ3n) is 1.30. The van der Waals surface area contributed by atoms with Crippen molar-refractivity contribution in [3.8, 4) is 0 Å². The molecule has 1 rings (SSSR count). The van der Waals surface area contributed by atoms with Crippen LogP contribution in [0.15, 0.2) is 23.1 Å². The van der Waals surface area contributed by atoms with Crippen LogP contribution in [0.5, 0.6) is 0 Å². The maximum absolute atomic E-state index is 12.5. The Morgan fingerprint density at radius 3 is 2.33 bits per heavy atom. The van der Waals surface area contributed by atoms with Crippen molar-refractivity contribution >= 4 is 15.7 Å². The summed E-state index contributed by atoms with van der Waals surface area (Å²) >= 11 is 0. The normalized spacial score (nSPS) is 11.5. The maximum Gasteiger partial charge on any atom is 0.238 e. The van der Waals surface area contributed by atoms with E-state index < -0.39 is 15.8 Å². The molecule has 0 aliphatic carbocycles. The van der Waals surface area contributed by atoms with Gasteiger partial charge in [-0.05, 0) is 18.2 Å². The minimum absolute atomic E-state index is 0.193. The van der Waals surface area contributed by atoms with E-state index in [0.717, 1.165) is 18.2 Å². The predicted molar refractivity (Wildman–Crippen MR) is 42.2 cm³/mol. The summed E-state index contributed by atoms with van der Waals surface area (Å²) in [6, 6.07) is 2.99. The summed E-state index contributed by atoms with van der Waals surface area (Å²) < 4.78 is 33.9. The van der Waals surface area contributed by atoms with Gasteiger partial charge in [0.15, 0.2) is 0 Å². The topological polar surface area (TPSA) is 86.2 Å². The number of anilines is 1. The zero-order chi connectivity index (χ0) is 9.35. The van der Waals surface area contributed by atoms with Gasteiger partial charge in [-0.2, -0.15) is 0 Å². The summed E-state index contributed by atoms with van der Waals surface area (Å²) in [4.78, 5) is -0.193. The largest absolute Gasteiger partial charge is 0.396 e. The molecule has 66 valence electrons. The van der Waals surface area contributed by atoms with Crippen molar-refractivity contribution in [3.63, 3.8) is 0 Å². The molecule has 4 nitrogen and oxygen atoms in total. The van der Waals surface area contributed by atoms with Crippen molar-refractivity contribution < 1.29 is 12.8 Å². The first-order valence-electron chi connectivity index (χ1n) is 2.99. The van der Waals surface area contributed by atoms with E-state index in [1.165, 1.54) is 0 Å². The molecule has 1 aromatic rings. The highest BCUT2D eigenvalue weighted by molar-refractivity contribution is 7.89. The molecule has 0 heterocycles. The standard InChI is InChI=1S/C6H7FN2O2S/c7-5-2-1-4(3-6(5)8)12(9,10)11/h1-3H,8H2,(H2,9,10,11). The van der Waals surface area contributed by atoms with E-state index in [-0.39, 0.29) is 10.6 Å². The lowest BCUT2D eigenvalue weighted by Crippen LogP contribution is -2.12. The lowest BCUT2D eigenvalue weighted by atomic mass is 10.3. The second-order valence-electron chi connectivity index (χ2n) is 2.23. The maximum atomic E-state index is 12.5. The van der Waals surface area contributed by atoms with Gasteiger partial charge in [-0.15, -0.1) is 0 Å². The quantitative estimate of drug-likeness (QED) is 0.614. The fourth-order valence-electron chi connectivity index (χ4n) is 0.699. The molecule has 0 fully saturated rings. The fraction of sp³-hybridized carbons (Fsp3) is 0. The molecular formula is C6H7FN2O2S. The first-order chi connectivity index (χ1) is 5.41. The summed E-state index contributed by atoms with van der Waals surface area (Å²) in [6.07, 6.45) is 0. The van der Waals surface area contributed by atoms with Gasteiger partial charge in [0.2, 0.25) is 10.0 Å². The number of hydrogen-bond donors (Lipinski definition) is 2. The molecule has 0 aliphatic rings. The molecule has 1 aromatic carbocycles. The summed E-state index contributed by atoms with van der Waals surface area (Å²) in [5.41, 5.74) is 4.89. The number of nitrogens with two attached hydrogens (primary N) is 2. The molecule has 0 atom stereocenters. The summed E-state index contributed by atoms with van der Waals surface area (Å²) in [7, 11) is -3.79. The highest BCUT2D eigenvalue weighted by Crippen LogP contribution is 2.14. The number of primary sulfonamides is 1. The number of benzene rings is 1. The second-order valence-corrected chi connectivity index (χ2v) is 3.79. The second kappa shape index (κ2) is 2.72. The van der Waals surface area contributed by atoms with Crippen LogP contribution in [-0.2, 0) is 10.0 Å². The van der Waals surface area contributed by atoms with E-state index in [0.29, 0.717) is 0 Å². The van der Waals surface area contributed by atoms with Gasteiger partial charge in [-0.3, -0.25) is 0 Å². The minimum atomic E-state index is -3.79. The van der Waals surface area contributed by atoms with E-state index >= 15 is 0 Å². The first kappa shape index (κ1) is 8.95. The van der Waals surface area contributed by atoms with Crippen molar-refractivity contribution in [2.75, 3.05) is 5.73 Å². The van der Waals surface area contributed by atoms with Crippen LogP contribution in [0.2, 0.25) is 0 Å². The third-order valence-corrected chi connectivity index (χ3v) is 2.21. The van der Waals surface area contributed by atoms with Crippen molar-refractivity contribution in [2.24, 2.45) is 5.14 Å². The van der Waals surface area contributed by atoms with Gasteiger partial charge >= 0.3 is 0 Å². The van der Waals surface area contributed by atoms with Crippen LogP contribution in [0.25, 0.3) is 0 Å². The Bertz CT molecular complexity index is 402. The molecule has 0 saturated heterocycles. The van der Waals surface area contributed by atoms with Crippen LogP contribution in [0.3, 0.4) is 0 Å². The Labute approximate surface area is 69.0 Å². The molecule has 0 aromatic heterocycles. The number of halogens is 1. The smallest absolute Gasteiger partial charge is 0.238 e. The molecule has 0 saturated carbocycles. The number of sulfonamides is 1. The lowest BCUT2D eigenvalue weighted by molar-refractivity contribution is 0.597. The summed E-state index contributed by atoms with van der Waals surface area (Å²) in [6.45, 7) is 0. The van der Waals surface area contributed by atoms with Crippen molar-refractivity contribution in [3.05, 3.63) is 24.0 Å². The van der Waals surface area contributed by atoms with E-state index in [9.17, 15) is 12.8 Å². The monoisotopic (exact) mass is 190 g/mol. The van der Waals surface area contributed by atoms with Crippen molar-refractivity contribution in [1.82, 2.24) is 0 Å². The predicted octanol–water partition coefficient (Wildman–Crippen LogP) is 0.0553. The zero-order valence-corrected chi connectivity index (χ0v) is 6.81. The molecule has 0 aliphatic heterocycles. The molecule has 6 heteroatoms. The number of rotatable bonds is 1. The third kappa shape index (κ3) is 1.72. The zero-order valence-electron chi connectivity index (χ0n) is 5.99. The molecule has 0 radical (unpaired) electrons. The van der Waals surface area contributed by atoms with Crippen LogP contribution in [0.4, 0.5) is 10.1 Å². The van der Waals surface area contributed by atoms with Crippen LogP contribution >= 0.6 is 0 Å². The van der Waals surface area contributed by atoms with Gasteiger partial charge in [0.1, 0.15) is 5.82 Å². The SMILES string of the molecule is Nc1cc(S(N)(=O)=O)ccc1F. The van der Waals surface area contributed by atoms with Crippen LogP contribution in [-0.4, -0.2) is 8.42 Å². The molecule has 0 unspecified atom stereocenters. The van der Waals surface area contributed by atoms with Gasteiger partial charge in [0.25, 0.3) is 0 Å². The minimum Gasteiger partial charge on any atom is -0.396 e. The average molecular weight is 190 g/mol. The Morgan fingerprint density at radius 2 is 1.92 bits per heavy atom. The van der Waals surface area contributed by atoms with Gasteiger partial charge in [0, 0.05) is 0 Å². The summed E-state index contributed by atoms with van der Waals surface area (Å²) in [5, 5.41) is 4.77. The fourth-order valence-corrected chi connectivity index (χ4v) is 1.25. The van der Waals surface area contributed by atoms with Crippen molar-refractivity contribution in [2.45, 2.75) is 4.90 Å². The van der Waals surface area contributed by atoms with Gasteiger partial charge in [0.05, 0.1) is 10.6 Å². The van der Waals surface area contributed by atoms with Crippen LogP contribution in [0.1, 0.15) is 0 Å².